The highest BCUT2D eigenvalue weighted by atomic mass is 35.5. The number of anilines is 1. The number of amides is 1. The molecule has 0 radical (unpaired) electrons. The Bertz CT molecular complexity index is 452. The van der Waals surface area contributed by atoms with Crippen LogP contribution in [0.15, 0.2) is 24.3 Å². The van der Waals surface area contributed by atoms with Crippen molar-refractivity contribution >= 4 is 24.0 Å². The van der Waals surface area contributed by atoms with Crippen LogP contribution < -0.4 is 15.4 Å². The van der Waals surface area contributed by atoms with E-state index in [2.05, 4.69) is 10.6 Å². The van der Waals surface area contributed by atoms with E-state index in [1.54, 1.807) is 7.11 Å². The summed E-state index contributed by atoms with van der Waals surface area (Å²) in [6, 6.07) is 7.43. The van der Waals surface area contributed by atoms with Gasteiger partial charge in [-0.2, -0.15) is 0 Å². The SMILES string of the molecule is COCCOc1cccc(NC(=O)C(C)C2CNC2)c1.Cl. The highest BCUT2D eigenvalue weighted by Gasteiger charge is 2.28. The molecular weight excluding hydrogens is 292 g/mol. The number of nitrogens with one attached hydrogen (secondary N) is 2. The van der Waals surface area contributed by atoms with Crippen molar-refractivity contribution in [2.45, 2.75) is 6.92 Å². The molecule has 21 heavy (non-hydrogen) atoms. The maximum atomic E-state index is 12.1. The minimum atomic E-state index is 0. The lowest BCUT2D eigenvalue weighted by Crippen LogP contribution is -2.48. The van der Waals surface area contributed by atoms with Gasteiger partial charge in [-0.15, -0.1) is 12.4 Å². The number of methoxy groups -OCH3 is 1. The molecule has 0 aliphatic carbocycles. The average molecular weight is 315 g/mol. The molecule has 1 amide bonds. The van der Waals surface area contributed by atoms with Gasteiger partial charge >= 0.3 is 0 Å². The van der Waals surface area contributed by atoms with Crippen LogP contribution >= 0.6 is 12.4 Å². The van der Waals surface area contributed by atoms with Crippen LogP contribution in [0.3, 0.4) is 0 Å². The number of carbonyl (C=O) groups is 1. The summed E-state index contributed by atoms with van der Waals surface area (Å²) < 4.78 is 10.5. The van der Waals surface area contributed by atoms with Crippen LogP contribution in [0.5, 0.6) is 5.75 Å². The Kier molecular flexibility index (Phi) is 7.50. The molecule has 6 heteroatoms. The zero-order valence-electron chi connectivity index (χ0n) is 12.4. The minimum Gasteiger partial charge on any atom is -0.491 e. The summed E-state index contributed by atoms with van der Waals surface area (Å²) >= 11 is 0. The van der Waals surface area contributed by atoms with Gasteiger partial charge in [0.05, 0.1) is 6.61 Å². The van der Waals surface area contributed by atoms with Gasteiger partial charge in [0.15, 0.2) is 0 Å². The molecule has 1 aliphatic heterocycles. The maximum absolute atomic E-state index is 12.1. The molecule has 1 aliphatic rings. The van der Waals surface area contributed by atoms with E-state index in [4.69, 9.17) is 9.47 Å². The van der Waals surface area contributed by atoms with Crippen molar-refractivity contribution in [2.75, 3.05) is 38.7 Å². The molecule has 1 fully saturated rings. The molecule has 1 heterocycles. The summed E-state index contributed by atoms with van der Waals surface area (Å²) in [7, 11) is 1.64. The highest BCUT2D eigenvalue weighted by Crippen LogP contribution is 2.21. The Balaban J connectivity index is 0.00000220. The van der Waals surface area contributed by atoms with Gasteiger partial charge in [0.1, 0.15) is 12.4 Å². The van der Waals surface area contributed by atoms with Gasteiger partial charge in [-0.3, -0.25) is 4.79 Å². The lowest BCUT2D eigenvalue weighted by atomic mass is 9.88. The van der Waals surface area contributed by atoms with Crippen LogP contribution in [0.4, 0.5) is 5.69 Å². The molecule has 1 unspecified atom stereocenters. The summed E-state index contributed by atoms with van der Waals surface area (Å²) in [5, 5.41) is 6.13. The Morgan fingerprint density at radius 1 is 1.43 bits per heavy atom. The molecule has 118 valence electrons. The van der Waals surface area contributed by atoms with Crippen LogP contribution in [-0.4, -0.2) is 39.3 Å². The van der Waals surface area contributed by atoms with E-state index in [0.29, 0.717) is 19.1 Å². The van der Waals surface area contributed by atoms with E-state index in [1.807, 2.05) is 31.2 Å². The van der Waals surface area contributed by atoms with Gasteiger partial charge in [-0.1, -0.05) is 13.0 Å². The second kappa shape index (κ2) is 8.87. The number of halogens is 1. The second-order valence-electron chi connectivity index (χ2n) is 5.07. The molecule has 0 saturated carbocycles. The average Bonchev–Trinajstić information content (AvgIpc) is 2.37. The molecule has 1 atom stereocenters. The summed E-state index contributed by atoms with van der Waals surface area (Å²) in [5.41, 5.74) is 0.768. The number of carbonyl (C=O) groups excluding carboxylic acids is 1. The van der Waals surface area contributed by atoms with Crippen molar-refractivity contribution in [3.8, 4) is 5.75 Å². The molecule has 1 aromatic rings. The quantitative estimate of drug-likeness (QED) is 0.755. The third kappa shape index (κ3) is 5.19. The fourth-order valence-electron chi connectivity index (χ4n) is 2.04. The first-order valence-corrected chi connectivity index (χ1v) is 6.94. The number of rotatable bonds is 7. The first kappa shape index (κ1) is 17.8. The summed E-state index contributed by atoms with van der Waals surface area (Å²) in [6.07, 6.45) is 0. The number of ether oxygens (including phenoxy) is 2. The summed E-state index contributed by atoms with van der Waals surface area (Å²) in [4.78, 5) is 12.1. The first-order valence-electron chi connectivity index (χ1n) is 6.94. The monoisotopic (exact) mass is 314 g/mol. The van der Waals surface area contributed by atoms with Crippen molar-refractivity contribution in [1.82, 2.24) is 5.32 Å². The number of hydrogen-bond acceptors (Lipinski definition) is 4. The molecule has 5 nitrogen and oxygen atoms in total. The van der Waals surface area contributed by atoms with E-state index >= 15 is 0 Å². The maximum Gasteiger partial charge on any atom is 0.227 e. The molecule has 1 saturated heterocycles. The van der Waals surface area contributed by atoms with Gasteiger partial charge in [-0.05, 0) is 31.1 Å². The lowest BCUT2D eigenvalue weighted by Gasteiger charge is -2.31. The Labute approximate surface area is 131 Å². The molecule has 2 rings (SSSR count). The van der Waals surface area contributed by atoms with Crippen LogP contribution in [0.1, 0.15) is 6.92 Å². The van der Waals surface area contributed by atoms with Crippen molar-refractivity contribution in [2.24, 2.45) is 11.8 Å². The van der Waals surface area contributed by atoms with E-state index in [9.17, 15) is 4.79 Å². The first-order chi connectivity index (χ1) is 9.70. The fraction of sp³-hybridized carbons (Fsp3) is 0.533. The third-order valence-corrected chi connectivity index (χ3v) is 3.59. The Morgan fingerprint density at radius 2 is 2.19 bits per heavy atom. The highest BCUT2D eigenvalue weighted by molar-refractivity contribution is 5.92. The van der Waals surface area contributed by atoms with Crippen LogP contribution in [0.25, 0.3) is 0 Å². The van der Waals surface area contributed by atoms with E-state index in [0.717, 1.165) is 24.5 Å². The van der Waals surface area contributed by atoms with Crippen LogP contribution in [0, 0.1) is 11.8 Å². The molecule has 0 bridgehead atoms. The molecular formula is C15H23ClN2O3. The molecule has 0 spiro atoms. The summed E-state index contributed by atoms with van der Waals surface area (Å²) in [6.45, 7) is 4.86. The van der Waals surface area contributed by atoms with Crippen molar-refractivity contribution < 1.29 is 14.3 Å². The lowest BCUT2D eigenvalue weighted by molar-refractivity contribution is -0.121. The van der Waals surface area contributed by atoms with Gasteiger partial charge in [0, 0.05) is 24.8 Å². The summed E-state index contributed by atoms with van der Waals surface area (Å²) in [5.74, 6) is 1.26. The van der Waals surface area contributed by atoms with Gasteiger partial charge < -0.3 is 20.1 Å². The van der Waals surface area contributed by atoms with Gasteiger partial charge in [0.25, 0.3) is 0 Å². The van der Waals surface area contributed by atoms with E-state index < -0.39 is 0 Å². The van der Waals surface area contributed by atoms with Crippen LogP contribution in [-0.2, 0) is 9.53 Å². The Morgan fingerprint density at radius 3 is 2.81 bits per heavy atom. The minimum absolute atomic E-state index is 0. The molecule has 2 N–H and O–H groups in total. The van der Waals surface area contributed by atoms with E-state index in [1.165, 1.54) is 0 Å². The van der Waals surface area contributed by atoms with Gasteiger partial charge in [0.2, 0.25) is 5.91 Å². The van der Waals surface area contributed by atoms with Crippen molar-refractivity contribution in [1.29, 1.82) is 0 Å². The normalized spacial score (nSPS) is 15.5. The van der Waals surface area contributed by atoms with Gasteiger partial charge in [-0.25, -0.2) is 0 Å². The largest absolute Gasteiger partial charge is 0.491 e. The predicted octanol–water partition coefficient (Wildman–Crippen LogP) is 1.93. The van der Waals surface area contributed by atoms with E-state index in [-0.39, 0.29) is 24.2 Å². The Hall–Kier alpha value is -1.30. The smallest absolute Gasteiger partial charge is 0.227 e. The van der Waals surface area contributed by atoms with Crippen molar-refractivity contribution in [3.05, 3.63) is 24.3 Å². The zero-order chi connectivity index (χ0) is 14.4. The second-order valence-corrected chi connectivity index (χ2v) is 5.07. The topological polar surface area (TPSA) is 59.6 Å². The number of benzene rings is 1. The zero-order valence-corrected chi connectivity index (χ0v) is 13.2. The standard InChI is InChI=1S/C15H22N2O3.ClH/c1-11(12-9-16-10-12)15(18)17-13-4-3-5-14(8-13)20-7-6-19-2;/h3-5,8,11-12,16H,6-7,9-10H2,1-2H3,(H,17,18);1H. The van der Waals surface area contributed by atoms with Crippen LogP contribution in [0.2, 0.25) is 0 Å². The van der Waals surface area contributed by atoms with Crippen molar-refractivity contribution in [3.63, 3.8) is 0 Å². The molecule has 1 aromatic carbocycles. The molecule has 0 aromatic heterocycles. The predicted molar refractivity (Wildman–Crippen MR) is 85.2 cm³/mol. The number of hydrogen-bond donors (Lipinski definition) is 2. The third-order valence-electron chi connectivity index (χ3n) is 3.59. The fourth-order valence-corrected chi connectivity index (χ4v) is 2.04.